The minimum atomic E-state index is -0.473. The van der Waals surface area contributed by atoms with Gasteiger partial charge in [-0.2, -0.15) is 5.10 Å². The average molecular weight is 414 g/mol. The van der Waals surface area contributed by atoms with Gasteiger partial charge < -0.3 is 15.0 Å². The Hall–Kier alpha value is -2.74. The quantitative estimate of drug-likeness (QED) is 0.424. The zero-order chi connectivity index (χ0) is 21.3. The van der Waals surface area contributed by atoms with Gasteiger partial charge in [-0.05, 0) is 50.9 Å². The Kier molecular flexibility index (Phi) is 7.96. The van der Waals surface area contributed by atoms with Gasteiger partial charge in [0.05, 0.1) is 13.2 Å². The molecule has 1 aliphatic carbocycles. The van der Waals surface area contributed by atoms with Crippen LogP contribution in [0.1, 0.15) is 39.0 Å². The molecule has 0 aromatic rings. The van der Waals surface area contributed by atoms with Gasteiger partial charge in [0.1, 0.15) is 0 Å². The number of ether oxygens (including phenoxy) is 1. The van der Waals surface area contributed by atoms with Crippen LogP contribution in [0, 0.1) is 0 Å². The van der Waals surface area contributed by atoms with Gasteiger partial charge in [-0.3, -0.25) is 14.5 Å². The third-order valence-corrected chi connectivity index (χ3v) is 5.45. The van der Waals surface area contributed by atoms with Crippen LogP contribution in [0.15, 0.2) is 45.8 Å². The molecule has 2 saturated heterocycles. The summed E-state index contributed by atoms with van der Waals surface area (Å²) < 4.78 is 4.98. The van der Waals surface area contributed by atoms with Crippen LogP contribution in [0.3, 0.4) is 0 Å². The van der Waals surface area contributed by atoms with Crippen molar-refractivity contribution in [1.82, 2.24) is 15.1 Å². The van der Waals surface area contributed by atoms with Crippen LogP contribution in [0.25, 0.3) is 0 Å². The second-order valence-electron chi connectivity index (χ2n) is 7.68. The normalized spacial score (nSPS) is 23.4. The first-order chi connectivity index (χ1) is 14.6. The number of hydrogen-bond donors (Lipinski definition) is 1. The summed E-state index contributed by atoms with van der Waals surface area (Å²) in [5.41, 5.74) is 2.18. The molecule has 2 aliphatic heterocycles. The molecule has 8 nitrogen and oxygen atoms in total. The number of nitrogens with zero attached hydrogens (tertiary/aromatic N) is 4. The number of hydrogen-bond acceptors (Lipinski definition) is 6. The lowest BCUT2D eigenvalue weighted by Gasteiger charge is -2.26. The maximum atomic E-state index is 12.6. The van der Waals surface area contributed by atoms with Gasteiger partial charge in [-0.25, -0.2) is 0 Å². The van der Waals surface area contributed by atoms with Gasteiger partial charge in [-0.15, -0.1) is 5.10 Å². The fraction of sp³-hybridized carbons (Fsp3) is 0.545. The van der Waals surface area contributed by atoms with E-state index < -0.39 is 5.91 Å². The van der Waals surface area contributed by atoms with Crippen LogP contribution in [-0.2, 0) is 14.3 Å². The monoisotopic (exact) mass is 413 g/mol. The SMILES string of the molecule is C/C=N/N=C(\OC)C(=O)NC1CC(=O)N(C2=CCC=C(CN3CCCCC3)C=C2)C1. The Balaban J connectivity index is 1.56. The molecular weight excluding hydrogens is 382 g/mol. The molecule has 0 aromatic heterocycles. The summed E-state index contributed by atoms with van der Waals surface area (Å²) in [4.78, 5) is 29.1. The Labute approximate surface area is 178 Å². The highest BCUT2D eigenvalue weighted by atomic mass is 16.5. The van der Waals surface area contributed by atoms with Crippen LogP contribution in [0.2, 0.25) is 0 Å². The molecule has 0 aromatic carbocycles. The van der Waals surface area contributed by atoms with Crippen molar-refractivity contribution >= 4 is 23.9 Å². The van der Waals surface area contributed by atoms with E-state index in [4.69, 9.17) is 4.74 Å². The first-order valence-electron chi connectivity index (χ1n) is 10.6. The van der Waals surface area contributed by atoms with Crippen LogP contribution in [0.5, 0.6) is 0 Å². The van der Waals surface area contributed by atoms with E-state index in [0.29, 0.717) is 6.54 Å². The summed E-state index contributed by atoms with van der Waals surface area (Å²) in [6.07, 6.45) is 14.8. The van der Waals surface area contributed by atoms with Gasteiger partial charge in [0.15, 0.2) is 0 Å². The number of likely N-dealkylation sites (tertiary alicyclic amines) is 2. The number of carbonyl (C=O) groups is 2. The fourth-order valence-corrected chi connectivity index (χ4v) is 3.94. The Bertz CT molecular complexity index is 791. The van der Waals surface area contributed by atoms with E-state index in [1.165, 1.54) is 38.2 Å². The largest absolute Gasteiger partial charge is 0.476 e. The maximum Gasteiger partial charge on any atom is 0.308 e. The van der Waals surface area contributed by atoms with E-state index >= 15 is 0 Å². The van der Waals surface area contributed by atoms with Gasteiger partial charge >= 0.3 is 5.91 Å². The zero-order valence-electron chi connectivity index (χ0n) is 17.8. The van der Waals surface area contributed by atoms with E-state index in [2.05, 4.69) is 38.6 Å². The van der Waals surface area contributed by atoms with Gasteiger partial charge in [0.2, 0.25) is 5.91 Å². The van der Waals surface area contributed by atoms with Crippen molar-refractivity contribution in [3.63, 3.8) is 0 Å². The van der Waals surface area contributed by atoms with E-state index in [1.54, 1.807) is 11.8 Å². The predicted octanol–water partition coefficient (Wildman–Crippen LogP) is 2.01. The number of amides is 2. The lowest BCUT2D eigenvalue weighted by molar-refractivity contribution is -0.125. The molecule has 1 N–H and O–H groups in total. The zero-order valence-corrected chi connectivity index (χ0v) is 17.8. The highest BCUT2D eigenvalue weighted by Crippen LogP contribution is 2.22. The van der Waals surface area contributed by atoms with E-state index in [9.17, 15) is 9.59 Å². The average Bonchev–Trinajstić information content (AvgIpc) is 2.95. The minimum Gasteiger partial charge on any atom is -0.476 e. The van der Waals surface area contributed by atoms with Crippen molar-refractivity contribution in [2.75, 3.05) is 33.3 Å². The van der Waals surface area contributed by atoms with Crippen molar-refractivity contribution < 1.29 is 14.3 Å². The predicted molar refractivity (Wildman–Crippen MR) is 117 cm³/mol. The molecule has 30 heavy (non-hydrogen) atoms. The summed E-state index contributed by atoms with van der Waals surface area (Å²) in [5.74, 6) is -0.601. The highest BCUT2D eigenvalue weighted by molar-refractivity contribution is 6.35. The fourth-order valence-electron chi connectivity index (χ4n) is 3.94. The van der Waals surface area contributed by atoms with E-state index in [-0.39, 0.29) is 24.3 Å². The Morgan fingerprint density at radius 1 is 1.27 bits per heavy atom. The van der Waals surface area contributed by atoms with Gasteiger partial charge in [0.25, 0.3) is 5.90 Å². The van der Waals surface area contributed by atoms with Crippen molar-refractivity contribution in [3.05, 3.63) is 35.6 Å². The van der Waals surface area contributed by atoms with E-state index in [1.807, 2.05) is 6.08 Å². The van der Waals surface area contributed by atoms with Gasteiger partial charge in [-0.1, -0.05) is 24.6 Å². The summed E-state index contributed by atoms with van der Waals surface area (Å²) >= 11 is 0. The summed E-state index contributed by atoms with van der Waals surface area (Å²) in [5, 5.41) is 10.2. The molecule has 8 heteroatoms. The molecule has 2 amide bonds. The molecule has 162 valence electrons. The molecule has 0 bridgehead atoms. The van der Waals surface area contributed by atoms with Crippen molar-refractivity contribution in [3.8, 4) is 0 Å². The lowest BCUT2D eigenvalue weighted by atomic mass is 10.1. The minimum absolute atomic E-state index is 0.00170. The third kappa shape index (κ3) is 5.89. The van der Waals surface area contributed by atoms with Gasteiger partial charge in [0, 0.05) is 31.4 Å². The molecule has 0 saturated carbocycles. The van der Waals surface area contributed by atoms with Crippen molar-refractivity contribution in [2.24, 2.45) is 10.2 Å². The molecule has 0 spiro atoms. The highest BCUT2D eigenvalue weighted by Gasteiger charge is 2.33. The number of allylic oxidation sites excluding steroid dienone is 3. The Morgan fingerprint density at radius 2 is 2.07 bits per heavy atom. The van der Waals surface area contributed by atoms with Crippen LogP contribution < -0.4 is 5.32 Å². The molecule has 1 atom stereocenters. The first-order valence-corrected chi connectivity index (χ1v) is 10.6. The summed E-state index contributed by atoms with van der Waals surface area (Å²) in [6, 6.07) is -0.297. The molecule has 2 heterocycles. The molecule has 3 aliphatic rings. The van der Waals surface area contributed by atoms with Crippen molar-refractivity contribution in [1.29, 1.82) is 0 Å². The number of nitrogens with one attached hydrogen (secondary N) is 1. The molecule has 0 radical (unpaired) electrons. The number of rotatable bonds is 5. The molecule has 1 unspecified atom stereocenters. The lowest BCUT2D eigenvalue weighted by Crippen LogP contribution is -2.41. The van der Waals surface area contributed by atoms with Crippen LogP contribution in [0.4, 0.5) is 0 Å². The second-order valence-corrected chi connectivity index (χ2v) is 7.68. The molecule has 2 fully saturated rings. The maximum absolute atomic E-state index is 12.6. The molecule has 3 rings (SSSR count). The number of piperidine rings is 1. The Morgan fingerprint density at radius 3 is 2.80 bits per heavy atom. The number of methoxy groups -OCH3 is 1. The topological polar surface area (TPSA) is 86.6 Å². The standard InChI is InChI=1S/C22H31N5O3/c1-3-23-25-22(30-2)21(29)24-18-14-20(28)27(16-18)19-9-7-8-17(10-11-19)15-26-12-5-4-6-13-26/h3,8-11,18H,4-7,12-16H2,1-2H3,(H,24,29)/b23-3+,25-22-. The molecular formula is C22H31N5O3. The smallest absolute Gasteiger partial charge is 0.308 e. The van der Waals surface area contributed by atoms with Crippen LogP contribution >= 0.6 is 0 Å². The number of carbonyl (C=O) groups excluding carboxylic acids is 2. The van der Waals surface area contributed by atoms with Crippen molar-refractivity contribution in [2.45, 2.75) is 45.1 Å². The first kappa shape index (κ1) is 22.0. The van der Waals surface area contributed by atoms with Crippen LogP contribution in [-0.4, -0.2) is 73.1 Å². The summed E-state index contributed by atoms with van der Waals surface area (Å²) in [6.45, 7) is 5.41. The second kappa shape index (κ2) is 10.9. The van der Waals surface area contributed by atoms with E-state index in [0.717, 1.165) is 31.8 Å². The summed E-state index contributed by atoms with van der Waals surface area (Å²) in [7, 11) is 1.37. The third-order valence-electron chi connectivity index (χ3n) is 5.45.